The molecule has 2 N–H and O–H groups in total. The highest BCUT2D eigenvalue weighted by Gasteiger charge is 2.33. The number of hydrogen-bond donors (Lipinski definition) is 2. The van der Waals surface area contributed by atoms with Crippen LogP contribution in [0.1, 0.15) is 46.9 Å². The first kappa shape index (κ1) is 13.3. The first-order valence-corrected chi connectivity index (χ1v) is 6.22. The molecule has 0 aliphatic heterocycles. The lowest BCUT2D eigenvalue weighted by atomic mass is 9.86. The minimum atomic E-state index is -0.473. The Hall–Kier alpha value is -2.17. The first-order chi connectivity index (χ1) is 9.06. The Kier molecular flexibility index (Phi) is 3.64. The van der Waals surface area contributed by atoms with E-state index in [-0.39, 0.29) is 34.8 Å². The molecular weight excluding hydrogens is 246 g/mol. The molecule has 1 aromatic carbocycles. The molecule has 0 saturated carbocycles. The van der Waals surface area contributed by atoms with E-state index in [1.54, 1.807) is 0 Å². The number of carbonyl (C=O) groups is 2. The molecule has 100 valence electrons. The molecule has 1 aromatic rings. The van der Waals surface area contributed by atoms with Gasteiger partial charge in [-0.25, -0.2) is 0 Å². The summed E-state index contributed by atoms with van der Waals surface area (Å²) in [5.74, 6) is -1.44. The largest absolute Gasteiger partial charge is 0.507 e. The number of carbonyl (C=O) groups excluding carboxylic acids is 2. The third-order valence-electron chi connectivity index (χ3n) is 3.07. The summed E-state index contributed by atoms with van der Waals surface area (Å²) < 4.78 is 0. The van der Waals surface area contributed by atoms with Crippen LogP contribution in [-0.2, 0) is 0 Å². The number of Topliss-reactive ketones (excluding diaryl/α,β-unsaturated/α-hetero) is 2. The fourth-order valence-electron chi connectivity index (χ4n) is 2.06. The second-order valence-corrected chi connectivity index (χ2v) is 4.46. The lowest BCUT2D eigenvalue weighted by molar-refractivity contribution is 0.0960. The summed E-state index contributed by atoms with van der Waals surface area (Å²) >= 11 is 0. The van der Waals surface area contributed by atoms with E-state index in [0.29, 0.717) is 6.54 Å². The van der Waals surface area contributed by atoms with Crippen LogP contribution >= 0.6 is 0 Å². The number of benzene rings is 1. The van der Waals surface area contributed by atoms with Crippen LogP contribution in [0.5, 0.6) is 11.5 Å². The van der Waals surface area contributed by atoms with Gasteiger partial charge in [-0.15, -0.1) is 0 Å². The second kappa shape index (κ2) is 5.22. The highest BCUT2D eigenvalue weighted by molar-refractivity contribution is 6.53. The van der Waals surface area contributed by atoms with Gasteiger partial charge in [0, 0.05) is 6.54 Å². The van der Waals surface area contributed by atoms with Crippen LogP contribution in [0.15, 0.2) is 17.1 Å². The van der Waals surface area contributed by atoms with E-state index in [0.717, 1.165) is 12.8 Å². The average Bonchev–Trinajstić information content (AvgIpc) is 2.38. The summed E-state index contributed by atoms with van der Waals surface area (Å²) in [5.41, 5.74) is -0.0715. The predicted octanol–water partition coefficient (Wildman–Crippen LogP) is 2.11. The fraction of sp³-hybridized carbons (Fsp3) is 0.357. The van der Waals surface area contributed by atoms with Gasteiger partial charge in [-0.2, -0.15) is 0 Å². The number of rotatable bonds is 3. The van der Waals surface area contributed by atoms with Crippen molar-refractivity contribution < 1.29 is 19.8 Å². The SMILES string of the molecule is CCCCN=C1CC(=O)c2c(O)ccc(O)c2C1=O. The number of ketones is 2. The van der Waals surface area contributed by atoms with Crippen molar-refractivity contribution in [3.8, 4) is 11.5 Å². The molecule has 0 aromatic heterocycles. The van der Waals surface area contributed by atoms with Gasteiger partial charge in [0.05, 0.1) is 23.3 Å². The maximum absolute atomic E-state index is 12.2. The van der Waals surface area contributed by atoms with Crippen molar-refractivity contribution in [2.75, 3.05) is 6.54 Å². The van der Waals surface area contributed by atoms with Gasteiger partial charge in [-0.3, -0.25) is 14.6 Å². The normalized spacial score (nSPS) is 16.8. The Labute approximate surface area is 110 Å². The summed E-state index contributed by atoms with van der Waals surface area (Å²) in [7, 11) is 0. The number of fused-ring (bicyclic) bond motifs is 1. The zero-order valence-electron chi connectivity index (χ0n) is 10.6. The van der Waals surface area contributed by atoms with Crippen LogP contribution in [-0.4, -0.2) is 34.0 Å². The van der Waals surface area contributed by atoms with Gasteiger partial charge in [0.2, 0.25) is 5.78 Å². The molecule has 0 atom stereocenters. The molecule has 0 spiro atoms. The number of phenols is 2. The average molecular weight is 261 g/mol. The van der Waals surface area contributed by atoms with Crippen molar-refractivity contribution in [2.45, 2.75) is 26.2 Å². The van der Waals surface area contributed by atoms with Crippen LogP contribution < -0.4 is 0 Å². The Morgan fingerprint density at radius 2 is 1.79 bits per heavy atom. The standard InChI is InChI=1S/C14H15NO4/c1-2-3-6-15-8-7-11(18)12-9(16)4-5-10(17)13(12)14(8)19/h4-5,16-17H,2-3,6-7H2,1H3. The van der Waals surface area contributed by atoms with Crippen molar-refractivity contribution in [3.63, 3.8) is 0 Å². The summed E-state index contributed by atoms with van der Waals surface area (Å²) in [4.78, 5) is 28.2. The third-order valence-corrected chi connectivity index (χ3v) is 3.07. The van der Waals surface area contributed by atoms with E-state index in [9.17, 15) is 19.8 Å². The van der Waals surface area contributed by atoms with Crippen molar-refractivity contribution >= 4 is 17.3 Å². The van der Waals surface area contributed by atoms with Crippen molar-refractivity contribution in [1.82, 2.24) is 0 Å². The molecule has 19 heavy (non-hydrogen) atoms. The molecule has 0 fully saturated rings. The third kappa shape index (κ3) is 2.36. The summed E-state index contributed by atoms with van der Waals surface area (Å²) in [6, 6.07) is 2.41. The molecule has 0 bridgehead atoms. The van der Waals surface area contributed by atoms with Gasteiger partial charge in [0.25, 0.3) is 0 Å². The number of aromatic hydroxyl groups is 2. The van der Waals surface area contributed by atoms with Crippen molar-refractivity contribution in [3.05, 3.63) is 23.3 Å². The van der Waals surface area contributed by atoms with E-state index in [4.69, 9.17) is 0 Å². The lowest BCUT2D eigenvalue weighted by Gasteiger charge is -2.17. The molecule has 0 heterocycles. The Morgan fingerprint density at radius 3 is 2.42 bits per heavy atom. The van der Waals surface area contributed by atoms with E-state index in [2.05, 4.69) is 4.99 Å². The summed E-state index contributed by atoms with van der Waals surface area (Å²) in [6.07, 6.45) is 1.66. The molecule has 0 unspecified atom stereocenters. The van der Waals surface area contributed by atoms with Gasteiger partial charge < -0.3 is 10.2 Å². The Balaban J connectivity index is 2.46. The minimum Gasteiger partial charge on any atom is -0.507 e. The number of phenolic OH excluding ortho intramolecular Hbond substituents is 2. The molecule has 5 nitrogen and oxygen atoms in total. The Bertz CT molecular complexity index is 575. The smallest absolute Gasteiger partial charge is 0.211 e. The molecule has 1 aliphatic rings. The summed E-state index contributed by atoms with van der Waals surface area (Å²) in [6.45, 7) is 2.49. The van der Waals surface area contributed by atoms with E-state index in [1.165, 1.54) is 12.1 Å². The van der Waals surface area contributed by atoms with Gasteiger partial charge in [0.15, 0.2) is 5.78 Å². The van der Waals surface area contributed by atoms with Crippen molar-refractivity contribution in [1.29, 1.82) is 0 Å². The maximum Gasteiger partial charge on any atom is 0.211 e. The molecule has 2 rings (SSSR count). The Morgan fingerprint density at radius 1 is 1.16 bits per heavy atom. The van der Waals surface area contributed by atoms with Gasteiger partial charge in [0.1, 0.15) is 11.5 Å². The van der Waals surface area contributed by atoms with Gasteiger partial charge in [-0.05, 0) is 18.6 Å². The van der Waals surface area contributed by atoms with Crippen molar-refractivity contribution in [2.24, 2.45) is 4.99 Å². The number of nitrogens with zero attached hydrogens (tertiary/aromatic N) is 1. The van der Waals surface area contributed by atoms with E-state index >= 15 is 0 Å². The van der Waals surface area contributed by atoms with E-state index < -0.39 is 11.6 Å². The van der Waals surface area contributed by atoms with Crippen LogP contribution in [0, 0.1) is 0 Å². The topological polar surface area (TPSA) is 87.0 Å². The zero-order valence-corrected chi connectivity index (χ0v) is 10.6. The fourth-order valence-corrected chi connectivity index (χ4v) is 2.06. The molecule has 0 saturated heterocycles. The van der Waals surface area contributed by atoms with Crippen LogP contribution in [0.2, 0.25) is 0 Å². The predicted molar refractivity (Wildman–Crippen MR) is 70.3 cm³/mol. The van der Waals surface area contributed by atoms with Gasteiger partial charge in [-0.1, -0.05) is 13.3 Å². The molecular formula is C14H15NO4. The second-order valence-electron chi connectivity index (χ2n) is 4.46. The number of unbranched alkanes of at least 4 members (excludes halogenated alkanes) is 1. The minimum absolute atomic E-state index is 0.0977. The number of hydrogen-bond acceptors (Lipinski definition) is 5. The van der Waals surface area contributed by atoms with Gasteiger partial charge >= 0.3 is 0 Å². The first-order valence-electron chi connectivity index (χ1n) is 6.22. The summed E-state index contributed by atoms with van der Waals surface area (Å²) in [5, 5.41) is 19.4. The molecule has 0 radical (unpaired) electrons. The molecule has 0 amide bonds. The molecule has 1 aliphatic carbocycles. The monoisotopic (exact) mass is 261 g/mol. The van der Waals surface area contributed by atoms with E-state index in [1.807, 2.05) is 6.92 Å². The molecule has 5 heteroatoms. The van der Waals surface area contributed by atoms with Crippen LogP contribution in [0.4, 0.5) is 0 Å². The highest BCUT2D eigenvalue weighted by Crippen LogP contribution is 2.34. The maximum atomic E-state index is 12.2. The van der Waals surface area contributed by atoms with Crippen LogP contribution in [0.3, 0.4) is 0 Å². The number of aliphatic imine (C=N–C) groups is 1. The van der Waals surface area contributed by atoms with Crippen LogP contribution in [0.25, 0.3) is 0 Å². The zero-order chi connectivity index (χ0) is 14.0. The quantitative estimate of drug-likeness (QED) is 0.644. The highest BCUT2D eigenvalue weighted by atomic mass is 16.3. The lowest BCUT2D eigenvalue weighted by Crippen LogP contribution is -2.27.